The second-order valence-electron chi connectivity index (χ2n) is 6.04. The first-order chi connectivity index (χ1) is 9.80. The minimum Gasteiger partial charge on any atom is -0.389 e. The highest BCUT2D eigenvalue weighted by Gasteiger charge is 2.30. The molecule has 0 aliphatic rings. The van der Waals surface area contributed by atoms with E-state index in [9.17, 15) is 9.90 Å². The van der Waals surface area contributed by atoms with Crippen molar-refractivity contribution in [3.63, 3.8) is 0 Å². The van der Waals surface area contributed by atoms with E-state index >= 15 is 0 Å². The van der Waals surface area contributed by atoms with Crippen molar-refractivity contribution < 1.29 is 9.90 Å². The van der Waals surface area contributed by atoms with Gasteiger partial charge in [-0.2, -0.15) is 0 Å². The number of likely N-dealkylation sites (N-methyl/N-ethyl adjacent to an activating group) is 2. The van der Waals surface area contributed by atoms with Crippen LogP contribution in [0.15, 0.2) is 30.3 Å². The second-order valence-corrected chi connectivity index (χ2v) is 6.04. The van der Waals surface area contributed by atoms with Gasteiger partial charge in [-0.1, -0.05) is 44.2 Å². The number of nitrogens with zero attached hydrogens (tertiary/aromatic N) is 2. The topological polar surface area (TPSA) is 43.8 Å². The Morgan fingerprint density at radius 1 is 1.19 bits per heavy atom. The summed E-state index contributed by atoms with van der Waals surface area (Å²) in [7, 11) is 1.75. The Hall–Kier alpha value is -1.39. The van der Waals surface area contributed by atoms with Crippen LogP contribution in [-0.4, -0.2) is 53.1 Å². The van der Waals surface area contributed by atoms with E-state index in [4.69, 9.17) is 0 Å². The van der Waals surface area contributed by atoms with Crippen LogP contribution in [0.3, 0.4) is 0 Å². The van der Waals surface area contributed by atoms with Gasteiger partial charge in [0.2, 0.25) is 5.91 Å². The van der Waals surface area contributed by atoms with Crippen LogP contribution in [0, 0.1) is 0 Å². The van der Waals surface area contributed by atoms with Crippen molar-refractivity contribution in [1.82, 2.24) is 9.80 Å². The first kappa shape index (κ1) is 17.7. The molecule has 0 radical (unpaired) electrons. The molecule has 1 atom stereocenters. The number of hydrogen-bond donors (Lipinski definition) is 1. The molecule has 0 aliphatic heterocycles. The fourth-order valence-corrected chi connectivity index (χ4v) is 2.60. The van der Waals surface area contributed by atoms with E-state index in [1.807, 2.05) is 30.3 Å². The average Bonchev–Trinajstić information content (AvgIpc) is 2.43. The van der Waals surface area contributed by atoms with E-state index in [0.717, 1.165) is 18.7 Å². The van der Waals surface area contributed by atoms with Gasteiger partial charge in [-0.05, 0) is 32.5 Å². The number of hydrogen-bond acceptors (Lipinski definition) is 3. The Bertz CT molecular complexity index is 436. The minimum atomic E-state index is -0.894. The van der Waals surface area contributed by atoms with Gasteiger partial charge in [0.15, 0.2) is 0 Å². The Balaban J connectivity index is 3.04. The van der Waals surface area contributed by atoms with Gasteiger partial charge in [-0.25, -0.2) is 0 Å². The summed E-state index contributed by atoms with van der Waals surface area (Å²) in [5, 5.41) is 9.93. The maximum absolute atomic E-state index is 12.9. The van der Waals surface area contributed by atoms with Crippen LogP contribution in [0.2, 0.25) is 0 Å². The van der Waals surface area contributed by atoms with Crippen LogP contribution in [0.5, 0.6) is 0 Å². The Labute approximate surface area is 128 Å². The molecule has 1 amide bonds. The highest BCUT2D eigenvalue weighted by molar-refractivity contribution is 5.83. The summed E-state index contributed by atoms with van der Waals surface area (Å²) in [6.45, 7) is 9.47. The van der Waals surface area contributed by atoms with Crippen LogP contribution in [0.1, 0.15) is 39.3 Å². The summed E-state index contributed by atoms with van der Waals surface area (Å²) in [5.74, 6) is 0.0204. The van der Waals surface area contributed by atoms with Gasteiger partial charge in [-0.3, -0.25) is 9.69 Å². The van der Waals surface area contributed by atoms with E-state index in [2.05, 4.69) is 18.7 Å². The highest BCUT2D eigenvalue weighted by atomic mass is 16.3. The van der Waals surface area contributed by atoms with Crippen LogP contribution < -0.4 is 0 Å². The number of carbonyl (C=O) groups excluding carboxylic acids is 1. The molecule has 1 aromatic carbocycles. The third-order valence-electron chi connectivity index (χ3n) is 3.53. The molecular weight excluding hydrogens is 264 g/mol. The van der Waals surface area contributed by atoms with Gasteiger partial charge < -0.3 is 10.0 Å². The third kappa shape index (κ3) is 5.14. The Kier molecular flexibility index (Phi) is 6.37. The number of amides is 1. The summed E-state index contributed by atoms with van der Waals surface area (Å²) in [6.07, 6.45) is 0. The summed E-state index contributed by atoms with van der Waals surface area (Å²) in [5.41, 5.74) is 0.100. The first-order valence-corrected chi connectivity index (χ1v) is 7.56. The van der Waals surface area contributed by atoms with E-state index in [1.54, 1.807) is 25.8 Å². The van der Waals surface area contributed by atoms with E-state index < -0.39 is 5.60 Å². The van der Waals surface area contributed by atoms with Crippen molar-refractivity contribution >= 4 is 5.91 Å². The molecule has 1 unspecified atom stereocenters. The van der Waals surface area contributed by atoms with Gasteiger partial charge >= 0.3 is 0 Å². The molecule has 0 saturated carbocycles. The minimum absolute atomic E-state index is 0.0204. The molecule has 0 aliphatic carbocycles. The van der Waals surface area contributed by atoms with Gasteiger partial charge in [0.05, 0.1) is 5.60 Å². The molecule has 0 fully saturated rings. The predicted octanol–water partition coefficient (Wildman–Crippen LogP) is 2.30. The summed E-state index contributed by atoms with van der Waals surface area (Å²) in [4.78, 5) is 16.6. The molecule has 1 rings (SSSR count). The molecule has 1 aromatic rings. The van der Waals surface area contributed by atoms with Crippen molar-refractivity contribution in [3.8, 4) is 0 Å². The monoisotopic (exact) mass is 292 g/mol. The SMILES string of the molecule is CCN(CC)C(C(=O)N(C)CC(C)(C)O)c1ccccc1. The zero-order valence-electron chi connectivity index (χ0n) is 13.8. The Morgan fingerprint density at radius 2 is 1.71 bits per heavy atom. The van der Waals surface area contributed by atoms with Crippen LogP contribution in [0.4, 0.5) is 0 Å². The molecule has 4 nitrogen and oxygen atoms in total. The number of carbonyl (C=O) groups is 1. The third-order valence-corrected chi connectivity index (χ3v) is 3.53. The summed E-state index contributed by atoms with van der Waals surface area (Å²) in [6, 6.07) is 9.53. The zero-order valence-corrected chi connectivity index (χ0v) is 13.8. The quantitative estimate of drug-likeness (QED) is 0.838. The van der Waals surface area contributed by atoms with Crippen molar-refractivity contribution in [2.45, 2.75) is 39.3 Å². The maximum Gasteiger partial charge on any atom is 0.244 e. The smallest absolute Gasteiger partial charge is 0.244 e. The first-order valence-electron chi connectivity index (χ1n) is 7.56. The molecule has 0 spiro atoms. The van der Waals surface area contributed by atoms with Crippen molar-refractivity contribution in [2.75, 3.05) is 26.7 Å². The molecule has 0 bridgehead atoms. The van der Waals surface area contributed by atoms with E-state index in [0.29, 0.717) is 6.54 Å². The van der Waals surface area contributed by atoms with Gasteiger partial charge in [0.25, 0.3) is 0 Å². The van der Waals surface area contributed by atoms with Crippen molar-refractivity contribution in [3.05, 3.63) is 35.9 Å². The normalized spacial score (nSPS) is 13.3. The lowest BCUT2D eigenvalue weighted by molar-refractivity contribution is -0.138. The van der Waals surface area contributed by atoms with E-state index in [1.165, 1.54) is 0 Å². The standard InChI is InChI=1S/C17H28N2O2/c1-6-19(7-2)15(14-11-9-8-10-12-14)16(20)18(5)13-17(3,4)21/h8-12,15,21H,6-7,13H2,1-5H3. The number of aliphatic hydroxyl groups is 1. The lowest BCUT2D eigenvalue weighted by Gasteiger charge is -2.34. The van der Waals surface area contributed by atoms with Gasteiger partial charge in [-0.15, -0.1) is 0 Å². The van der Waals surface area contributed by atoms with E-state index in [-0.39, 0.29) is 11.9 Å². The molecule has 4 heteroatoms. The molecule has 1 N–H and O–H groups in total. The second kappa shape index (κ2) is 7.57. The fraction of sp³-hybridized carbons (Fsp3) is 0.588. The lowest BCUT2D eigenvalue weighted by Crippen LogP contribution is -2.46. The predicted molar refractivity (Wildman–Crippen MR) is 86.0 cm³/mol. The van der Waals surface area contributed by atoms with Crippen LogP contribution in [-0.2, 0) is 4.79 Å². The van der Waals surface area contributed by atoms with Crippen molar-refractivity contribution in [2.24, 2.45) is 0 Å². The zero-order chi connectivity index (χ0) is 16.0. The van der Waals surface area contributed by atoms with Crippen LogP contribution >= 0.6 is 0 Å². The molecular formula is C17H28N2O2. The molecule has 118 valence electrons. The lowest BCUT2D eigenvalue weighted by atomic mass is 10.0. The number of benzene rings is 1. The largest absolute Gasteiger partial charge is 0.389 e. The molecule has 0 aromatic heterocycles. The molecule has 21 heavy (non-hydrogen) atoms. The van der Waals surface area contributed by atoms with Crippen LogP contribution in [0.25, 0.3) is 0 Å². The maximum atomic E-state index is 12.9. The highest BCUT2D eigenvalue weighted by Crippen LogP contribution is 2.23. The average molecular weight is 292 g/mol. The summed E-state index contributed by atoms with van der Waals surface area (Å²) < 4.78 is 0. The molecule has 0 heterocycles. The summed E-state index contributed by atoms with van der Waals surface area (Å²) >= 11 is 0. The Morgan fingerprint density at radius 3 is 2.14 bits per heavy atom. The molecule has 0 saturated heterocycles. The van der Waals surface area contributed by atoms with Gasteiger partial charge in [0.1, 0.15) is 6.04 Å². The van der Waals surface area contributed by atoms with Gasteiger partial charge in [0, 0.05) is 13.6 Å². The fourth-order valence-electron chi connectivity index (χ4n) is 2.60. The number of rotatable bonds is 7. The van der Waals surface area contributed by atoms with Crippen molar-refractivity contribution in [1.29, 1.82) is 0 Å².